The second kappa shape index (κ2) is 4.67. The number of carbonyl (C=O) groups excluding carboxylic acids is 1. The van der Waals surface area contributed by atoms with Crippen LogP contribution in [0, 0.1) is 6.92 Å². The van der Waals surface area contributed by atoms with Crippen LogP contribution < -0.4 is 10.6 Å². The summed E-state index contributed by atoms with van der Waals surface area (Å²) in [6.07, 6.45) is 1.31. The molecule has 3 nitrogen and oxygen atoms in total. The van der Waals surface area contributed by atoms with Crippen LogP contribution in [0.5, 0.6) is 0 Å². The van der Waals surface area contributed by atoms with Gasteiger partial charge in [-0.15, -0.1) is 0 Å². The molecule has 0 radical (unpaired) electrons. The lowest BCUT2D eigenvalue weighted by Gasteiger charge is -2.08. The van der Waals surface area contributed by atoms with E-state index in [2.05, 4.69) is 17.2 Å². The SMILES string of the molecule is C=CNC(=O)Nc1cccc(Cl)c1C. The third-order valence-corrected chi connectivity index (χ3v) is 2.16. The second-order valence-corrected chi connectivity index (χ2v) is 3.12. The van der Waals surface area contributed by atoms with Crippen LogP contribution in [0.1, 0.15) is 5.56 Å². The minimum Gasteiger partial charge on any atom is -0.315 e. The van der Waals surface area contributed by atoms with Gasteiger partial charge in [0, 0.05) is 10.7 Å². The summed E-state index contributed by atoms with van der Waals surface area (Å²) in [5.41, 5.74) is 1.53. The minimum atomic E-state index is -0.328. The van der Waals surface area contributed by atoms with Gasteiger partial charge in [-0.25, -0.2) is 4.79 Å². The number of nitrogens with one attached hydrogen (secondary N) is 2. The Morgan fingerprint density at radius 3 is 2.93 bits per heavy atom. The zero-order valence-corrected chi connectivity index (χ0v) is 8.56. The van der Waals surface area contributed by atoms with Crippen molar-refractivity contribution in [3.05, 3.63) is 41.6 Å². The molecule has 2 amide bonds. The molecule has 0 saturated carbocycles. The molecule has 1 aromatic carbocycles. The molecule has 0 atom stereocenters. The Morgan fingerprint density at radius 1 is 1.57 bits per heavy atom. The van der Waals surface area contributed by atoms with Crippen molar-refractivity contribution in [2.75, 3.05) is 5.32 Å². The summed E-state index contributed by atoms with van der Waals surface area (Å²) in [5, 5.41) is 5.68. The smallest absolute Gasteiger partial charge is 0.315 e. The summed E-state index contributed by atoms with van der Waals surface area (Å²) in [5.74, 6) is 0. The van der Waals surface area contributed by atoms with Crippen LogP contribution in [0.3, 0.4) is 0 Å². The number of urea groups is 1. The Balaban J connectivity index is 2.81. The van der Waals surface area contributed by atoms with Crippen molar-refractivity contribution in [2.24, 2.45) is 0 Å². The van der Waals surface area contributed by atoms with Crippen LogP contribution in [-0.2, 0) is 0 Å². The van der Waals surface area contributed by atoms with Crippen molar-refractivity contribution < 1.29 is 4.79 Å². The molecule has 0 bridgehead atoms. The van der Waals surface area contributed by atoms with Gasteiger partial charge in [0.2, 0.25) is 0 Å². The first-order valence-corrected chi connectivity index (χ1v) is 4.46. The van der Waals surface area contributed by atoms with E-state index in [1.165, 1.54) is 6.20 Å². The molecular weight excluding hydrogens is 200 g/mol. The molecule has 2 N–H and O–H groups in total. The molecule has 0 heterocycles. The maximum absolute atomic E-state index is 11.1. The van der Waals surface area contributed by atoms with Gasteiger partial charge < -0.3 is 10.6 Å². The topological polar surface area (TPSA) is 41.1 Å². The standard InChI is InChI=1S/C10H11ClN2O/c1-3-12-10(14)13-9-6-4-5-8(11)7(9)2/h3-6H,1H2,2H3,(H2,12,13,14). The van der Waals surface area contributed by atoms with Gasteiger partial charge in [0.25, 0.3) is 0 Å². The van der Waals surface area contributed by atoms with E-state index in [0.717, 1.165) is 5.56 Å². The lowest BCUT2D eigenvalue weighted by molar-refractivity contribution is 0.255. The van der Waals surface area contributed by atoms with Crippen molar-refractivity contribution in [1.29, 1.82) is 0 Å². The van der Waals surface area contributed by atoms with E-state index >= 15 is 0 Å². The number of amides is 2. The fraction of sp³-hybridized carbons (Fsp3) is 0.100. The van der Waals surface area contributed by atoms with Crippen molar-refractivity contribution in [1.82, 2.24) is 5.32 Å². The van der Waals surface area contributed by atoms with Gasteiger partial charge >= 0.3 is 6.03 Å². The van der Waals surface area contributed by atoms with Gasteiger partial charge in [0.1, 0.15) is 0 Å². The summed E-state index contributed by atoms with van der Waals surface area (Å²) in [6, 6.07) is 5.00. The Bertz CT molecular complexity index is 363. The average molecular weight is 211 g/mol. The highest BCUT2D eigenvalue weighted by Crippen LogP contribution is 2.22. The molecule has 4 heteroatoms. The van der Waals surface area contributed by atoms with Crippen LogP contribution in [0.2, 0.25) is 5.02 Å². The van der Waals surface area contributed by atoms with Crippen molar-refractivity contribution >= 4 is 23.3 Å². The third kappa shape index (κ3) is 2.50. The summed E-state index contributed by atoms with van der Waals surface area (Å²) in [7, 11) is 0. The fourth-order valence-corrected chi connectivity index (χ4v) is 1.17. The minimum absolute atomic E-state index is 0.328. The number of hydrogen-bond acceptors (Lipinski definition) is 1. The normalized spacial score (nSPS) is 9.29. The molecule has 0 unspecified atom stereocenters. The van der Waals surface area contributed by atoms with Gasteiger partial charge in [-0.05, 0) is 30.8 Å². The number of hydrogen-bond donors (Lipinski definition) is 2. The van der Waals surface area contributed by atoms with Crippen molar-refractivity contribution in [2.45, 2.75) is 6.92 Å². The number of halogens is 1. The molecular formula is C10H11ClN2O. The van der Waals surface area contributed by atoms with E-state index in [1.807, 2.05) is 6.92 Å². The van der Waals surface area contributed by atoms with Crippen LogP contribution in [0.15, 0.2) is 31.0 Å². The van der Waals surface area contributed by atoms with Gasteiger partial charge in [0.15, 0.2) is 0 Å². The molecule has 0 aliphatic heterocycles. The van der Waals surface area contributed by atoms with Gasteiger partial charge in [-0.2, -0.15) is 0 Å². The first-order valence-electron chi connectivity index (χ1n) is 4.08. The third-order valence-electron chi connectivity index (χ3n) is 1.75. The van der Waals surface area contributed by atoms with Gasteiger partial charge in [0.05, 0.1) is 0 Å². The lowest BCUT2D eigenvalue weighted by atomic mass is 10.2. The first-order chi connectivity index (χ1) is 6.65. The quantitative estimate of drug-likeness (QED) is 0.774. The van der Waals surface area contributed by atoms with Gasteiger partial charge in [-0.1, -0.05) is 24.2 Å². The number of carbonyl (C=O) groups is 1. The van der Waals surface area contributed by atoms with Crippen LogP contribution in [-0.4, -0.2) is 6.03 Å². The molecule has 1 rings (SSSR count). The molecule has 0 saturated heterocycles. The number of benzene rings is 1. The Morgan fingerprint density at radius 2 is 2.29 bits per heavy atom. The Kier molecular flexibility index (Phi) is 3.54. The molecule has 0 fully saturated rings. The zero-order valence-electron chi connectivity index (χ0n) is 7.80. The maximum atomic E-state index is 11.1. The molecule has 0 aliphatic rings. The largest absolute Gasteiger partial charge is 0.323 e. The zero-order chi connectivity index (χ0) is 10.6. The highest BCUT2D eigenvalue weighted by Gasteiger charge is 2.04. The van der Waals surface area contributed by atoms with Crippen molar-refractivity contribution in [3.8, 4) is 0 Å². The summed E-state index contributed by atoms with van der Waals surface area (Å²) in [4.78, 5) is 11.1. The highest BCUT2D eigenvalue weighted by atomic mass is 35.5. The average Bonchev–Trinajstić information content (AvgIpc) is 2.13. The first kappa shape index (κ1) is 10.6. The van der Waals surface area contributed by atoms with E-state index in [4.69, 9.17) is 11.6 Å². The number of anilines is 1. The molecule has 0 aromatic heterocycles. The molecule has 1 aromatic rings. The predicted molar refractivity (Wildman–Crippen MR) is 58.5 cm³/mol. The molecule has 0 aliphatic carbocycles. The summed E-state index contributed by atoms with van der Waals surface area (Å²) < 4.78 is 0. The van der Waals surface area contributed by atoms with Crippen LogP contribution in [0.4, 0.5) is 10.5 Å². The number of rotatable bonds is 2. The van der Waals surface area contributed by atoms with Crippen LogP contribution in [0.25, 0.3) is 0 Å². The van der Waals surface area contributed by atoms with Gasteiger partial charge in [-0.3, -0.25) is 0 Å². The molecule has 0 spiro atoms. The van der Waals surface area contributed by atoms with E-state index < -0.39 is 0 Å². The molecule has 14 heavy (non-hydrogen) atoms. The van der Waals surface area contributed by atoms with E-state index in [1.54, 1.807) is 18.2 Å². The Labute approximate surface area is 87.8 Å². The van der Waals surface area contributed by atoms with E-state index in [9.17, 15) is 4.79 Å². The second-order valence-electron chi connectivity index (χ2n) is 2.71. The van der Waals surface area contributed by atoms with E-state index in [-0.39, 0.29) is 6.03 Å². The summed E-state index contributed by atoms with van der Waals surface area (Å²) >= 11 is 5.88. The maximum Gasteiger partial charge on any atom is 0.323 e. The monoisotopic (exact) mass is 210 g/mol. The van der Waals surface area contributed by atoms with Crippen LogP contribution >= 0.6 is 11.6 Å². The fourth-order valence-electron chi connectivity index (χ4n) is 0.994. The lowest BCUT2D eigenvalue weighted by Crippen LogP contribution is -2.23. The Hall–Kier alpha value is -1.48. The summed E-state index contributed by atoms with van der Waals surface area (Å²) in [6.45, 7) is 5.22. The van der Waals surface area contributed by atoms with E-state index in [0.29, 0.717) is 10.7 Å². The highest BCUT2D eigenvalue weighted by molar-refractivity contribution is 6.31. The predicted octanol–water partition coefficient (Wildman–Crippen LogP) is 2.91. The van der Waals surface area contributed by atoms with Crippen molar-refractivity contribution in [3.63, 3.8) is 0 Å². The molecule has 74 valence electrons.